The Morgan fingerprint density at radius 2 is 1.79 bits per heavy atom. The number of nitriles is 1. The van der Waals surface area contributed by atoms with Crippen molar-refractivity contribution >= 4 is 22.5 Å². The number of hydrogen-bond acceptors (Lipinski definition) is 2. The Kier molecular flexibility index (Phi) is 5.59. The molecule has 1 aromatic heterocycles. The molecule has 144 valence electrons. The summed E-state index contributed by atoms with van der Waals surface area (Å²) in [5.74, 6) is -0.698. The van der Waals surface area contributed by atoms with Crippen molar-refractivity contribution in [2.45, 2.75) is 25.3 Å². The van der Waals surface area contributed by atoms with E-state index in [4.69, 9.17) is 22.0 Å². The molecule has 0 aliphatic carbocycles. The first-order valence-electron chi connectivity index (χ1n) is 9.48. The summed E-state index contributed by atoms with van der Waals surface area (Å²) >= 11 is 5.95. The Hall–Kier alpha value is -3.16. The number of fused-ring (bicyclic) bond motifs is 1. The van der Waals surface area contributed by atoms with Gasteiger partial charge in [-0.3, -0.25) is 4.68 Å². The molecule has 5 heteroatoms. The Labute approximate surface area is 174 Å². The van der Waals surface area contributed by atoms with Crippen molar-refractivity contribution in [2.24, 2.45) is 0 Å². The van der Waals surface area contributed by atoms with Crippen LogP contribution in [0.5, 0.6) is 0 Å². The third kappa shape index (κ3) is 4.01. The smallest absolute Gasteiger partial charge is 0.128 e. The van der Waals surface area contributed by atoms with Gasteiger partial charge in [-0.1, -0.05) is 66.2 Å². The van der Waals surface area contributed by atoms with Gasteiger partial charge in [0.05, 0.1) is 23.8 Å². The van der Waals surface area contributed by atoms with E-state index in [1.165, 1.54) is 6.07 Å². The predicted molar refractivity (Wildman–Crippen MR) is 113 cm³/mol. The molecule has 1 atom stereocenters. The Bertz CT molecular complexity index is 1180. The van der Waals surface area contributed by atoms with Crippen molar-refractivity contribution in [1.29, 1.82) is 5.26 Å². The fraction of sp³-hybridized carbons (Fsp3) is 0.167. The quantitative estimate of drug-likeness (QED) is 0.378. The van der Waals surface area contributed by atoms with E-state index in [-0.39, 0.29) is 11.7 Å². The lowest BCUT2D eigenvalue weighted by Gasteiger charge is -2.15. The molecule has 29 heavy (non-hydrogen) atoms. The summed E-state index contributed by atoms with van der Waals surface area (Å²) in [6.45, 7) is 0.620. The number of hydrogen-bond donors (Lipinski definition) is 0. The van der Waals surface area contributed by atoms with Gasteiger partial charge in [-0.15, -0.1) is 0 Å². The summed E-state index contributed by atoms with van der Waals surface area (Å²) < 4.78 is 16.7. The van der Waals surface area contributed by atoms with Gasteiger partial charge in [0.25, 0.3) is 0 Å². The molecule has 0 aliphatic heterocycles. The topological polar surface area (TPSA) is 41.6 Å². The molecular weight excluding hydrogens is 385 g/mol. The lowest BCUT2D eigenvalue weighted by atomic mass is 9.89. The zero-order chi connectivity index (χ0) is 20.2. The van der Waals surface area contributed by atoms with E-state index in [9.17, 15) is 4.39 Å². The average molecular weight is 404 g/mol. The highest BCUT2D eigenvalue weighted by Crippen LogP contribution is 2.35. The minimum absolute atomic E-state index is 0.312. The van der Waals surface area contributed by atoms with E-state index in [1.54, 1.807) is 12.1 Å². The molecule has 4 rings (SSSR count). The lowest BCUT2D eigenvalue weighted by Crippen LogP contribution is -2.07. The van der Waals surface area contributed by atoms with Crippen molar-refractivity contribution in [1.82, 2.24) is 9.78 Å². The summed E-state index contributed by atoms with van der Waals surface area (Å²) in [5.41, 5.74) is 3.43. The molecule has 0 aliphatic rings. The number of halogens is 2. The van der Waals surface area contributed by atoms with Crippen LogP contribution in [0.15, 0.2) is 72.8 Å². The number of nitrogens with zero attached hydrogens (tertiary/aromatic N) is 3. The van der Waals surface area contributed by atoms with Gasteiger partial charge in [0.1, 0.15) is 5.82 Å². The van der Waals surface area contributed by atoms with Gasteiger partial charge >= 0.3 is 0 Å². The summed E-state index contributed by atoms with van der Waals surface area (Å²) in [5, 5.41) is 15.4. The van der Waals surface area contributed by atoms with Gasteiger partial charge < -0.3 is 0 Å². The fourth-order valence-electron chi connectivity index (χ4n) is 3.72. The first-order chi connectivity index (χ1) is 14.2. The number of benzene rings is 3. The number of rotatable bonds is 6. The van der Waals surface area contributed by atoms with Crippen LogP contribution in [-0.2, 0) is 6.54 Å². The SMILES string of the molecule is N#CCCC(c1ccc(Cl)cc1F)c1nn(Cc2ccccc2)c2ccccc12. The van der Waals surface area contributed by atoms with Gasteiger partial charge in [0.15, 0.2) is 0 Å². The summed E-state index contributed by atoms with van der Waals surface area (Å²) in [6.07, 6.45) is 0.800. The average Bonchev–Trinajstić information content (AvgIpc) is 3.09. The highest BCUT2D eigenvalue weighted by molar-refractivity contribution is 6.30. The summed E-state index contributed by atoms with van der Waals surface area (Å²) in [6, 6.07) is 24.9. The zero-order valence-corrected chi connectivity index (χ0v) is 16.5. The summed E-state index contributed by atoms with van der Waals surface area (Å²) in [4.78, 5) is 0. The van der Waals surface area contributed by atoms with Crippen LogP contribution < -0.4 is 0 Å². The van der Waals surface area contributed by atoms with E-state index in [1.807, 2.05) is 47.1 Å². The summed E-state index contributed by atoms with van der Waals surface area (Å²) in [7, 11) is 0. The molecule has 0 saturated heterocycles. The maximum atomic E-state index is 14.8. The Balaban J connectivity index is 1.84. The first-order valence-corrected chi connectivity index (χ1v) is 9.86. The van der Waals surface area contributed by atoms with Crippen LogP contribution in [-0.4, -0.2) is 9.78 Å². The lowest BCUT2D eigenvalue weighted by molar-refractivity contribution is 0.577. The second-order valence-electron chi connectivity index (χ2n) is 6.96. The third-order valence-corrected chi connectivity index (χ3v) is 5.31. The molecule has 0 bridgehead atoms. The second-order valence-corrected chi connectivity index (χ2v) is 7.40. The van der Waals surface area contributed by atoms with Crippen LogP contribution in [0.1, 0.15) is 35.6 Å². The highest BCUT2D eigenvalue weighted by atomic mass is 35.5. The minimum Gasteiger partial charge on any atom is -0.260 e. The Morgan fingerprint density at radius 3 is 2.55 bits per heavy atom. The Morgan fingerprint density at radius 1 is 1.03 bits per heavy atom. The normalized spacial score (nSPS) is 12.0. The maximum Gasteiger partial charge on any atom is 0.128 e. The van der Waals surface area contributed by atoms with E-state index >= 15 is 0 Å². The molecule has 0 amide bonds. The van der Waals surface area contributed by atoms with Gasteiger partial charge in [0, 0.05) is 22.7 Å². The van der Waals surface area contributed by atoms with E-state index in [0.29, 0.717) is 30.0 Å². The first kappa shape index (κ1) is 19.2. The van der Waals surface area contributed by atoms with Crippen LogP contribution in [0, 0.1) is 17.1 Å². The molecule has 0 saturated carbocycles. The van der Waals surface area contributed by atoms with Crippen LogP contribution in [0.25, 0.3) is 10.9 Å². The van der Waals surface area contributed by atoms with E-state index < -0.39 is 0 Å². The maximum absolute atomic E-state index is 14.8. The van der Waals surface area contributed by atoms with Crippen LogP contribution in [0.2, 0.25) is 5.02 Å². The molecular formula is C24H19ClFN3. The third-order valence-electron chi connectivity index (χ3n) is 5.07. The molecule has 3 aromatic carbocycles. The highest BCUT2D eigenvalue weighted by Gasteiger charge is 2.24. The molecule has 1 heterocycles. The van der Waals surface area contributed by atoms with Crippen molar-refractivity contribution < 1.29 is 4.39 Å². The van der Waals surface area contributed by atoms with E-state index in [0.717, 1.165) is 22.2 Å². The zero-order valence-electron chi connectivity index (χ0n) is 15.7. The fourth-order valence-corrected chi connectivity index (χ4v) is 3.88. The van der Waals surface area contributed by atoms with Crippen molar-refractivity contribution in [3.05, 3.63) is 100 Å². The largest absolute Gasteiger partial charge is 0.260 e. The van der Waals surface area contributed by atoms with Crippen LogP contribution in [0.4, 0.5) is 4.39 Å². The van der Waals surface area contributed by atoms with Crippen molar-refractivity contribution in [3.63, 3.8) is 0 Å². The van der Waals surface area contributed by atoms with Gasteiger partial charge in [-0.25, -0.2) is 4.39 Å². The molecule has 0 fully saturated rings. The molecule has 1 unspecified atom stereocenters. The molecule has 0 N–H and O–H groups in total. The van der Waals surface area contributed by atoms with Gasteiger partial charge in [-0.2, -0.15) is 10.4 Å². The van der Waals surface area contributed by atoms with Crippen molar-refractivity contribution in [3.8, 4) is 6.07 Å². The van der Waals surface area contributed by atoms with Gasteiger partial charge in [0.2, 0.25) is 0 Å². The minimum atomic E-state index is -0.373. The standard InChI is InChI=1S/C24H19ClFN3/c25-18-12-13-19(22(26)15-18)20(10-6-14-27)24-21-9-4-5-11-23(21)29(28-24)16-17-7-2-1-3-8-17/h1-5,7-9,11-13,15,20H,6,10,16H2. The molecule has 0 radical (unpaired) electrons. The predicted octanol–water partition coefficient (Wildman–Crippen LogP) is 6.31. The number of aromatic nitrogens is 2. The monoisotopic (exact) mass is 403 g/mol. The van der Waals surface area contributed by atoms with E-state index in [2.05, 4.69) is 18.2 Å². The molecule has 0 spiro atoms. The second kappa shape index (κ2) is 8.46. The molecule has 3 nitrogen and oxygen atoms in total. The number of para-hydroxylation sites is 1. The van der Waals surface area contributed by atoms with Gasteiger partial charge in [-0.05, 0) is 35.7 Å². The van der Waals surface area contributed by atoms with Crippen LogP contribution >= 0.6 is 11.6 Å². The van der Waals surface area contributed by atoms with Crippen LogP contribution in [0.3, 0.4) is 0 Å². The molecule has 4 aromatic rings. The van der Waals surface area contributed by atoms with Crippen molar-refractivity contribution in [2.75, 3.05) is 0 Å².